The normalized spacial score (nSPS) is 14.4. The number of anilines is 1. The molecule has 0 atom stereocenters. The second-order valence-corrected chi connectivity index (χ2v) is 7.25. The molecule has 1 aliphatic heterocycles. The molecule has 10 nitrogen and oxygen atoms in total. The number of Topliss-reactive ketones (excluding diaryl/α,β-unsaturated/α-hetero) is 1. The second-order valence-electron chi connectivity index (χ2n) is 4.52. The molecule has 0 aromatic heterocycles. The molecule has 0 saturated carbocycles. The Balaban J connectivity index is 0.00000288. The summed E-state index contributed by atoms with van der Waals surface area (Å²) >= 11 is 0. The summed E-state index contributed by atoms with van der Waals surface area (Å²) in [5, 5.41) is 4.01. The van der Waals surface area contributed by atoms with E-state index >= 15 is 0 Å². The zero-order chi connectivity index (χ0) is 17.6. The van der Waals surface area contributed by atoms with Crippen LogP contribution in [0.1, 0.15) is 13.3 Å². The molecular weight excluding hydrogens is 430 g/mol. The zero-order valence-electron chi connectivity index (χ0n) is 13.4. The Hall–Kier alpha value is 1.12. The third kappa shape index (κ3) is 6.31. The van der Waals surface area contributed by atoms with E-state index in [-0.39, 0.29) is 108 Å². The van der Waals surface area contributed by atoms with Gasteiger partial charge in [-0.15, -0.1) is 0 Å². The fraction of sp³-hybridized carbons (Fsp3) is 0.182. The van der Waals surface area contributed by atoms with E-state index in [2.05, 4.69) is 5.10 Å². The second kappa shape index (κ2) is 9.55. The molecule has 0 aliphatic carbocycles. The third-order valence-electron chi connectivity index (χ3n) is 2.90. The molecule has 0 N–H and O–H groups in total. The van der Waals surface area contributed by atoms with Gasteiger partial charge in [-0.25, -0.2) is 16.8 Å². The maximum atomic E-state index is 11.9. The standard InChI is InChI=1S/C11H10N2O8S2.2K/c1-6(14)8-5-11(15)13(12-8)9-4-7(22(16,17)18)2-3-10(9)23(19,20)21;;/h2-4H,5H2,1H3,(H,16,17,18)(H,19,20,21);;/q;2*+1/p-2. The smallest absolute Gasteiger partial charge is 0.744 e. The van der Waals surface area contributed by atoms with E-state index in [1.807, 2.05) is 0 Å². The van der Waals surface area contributed by atoms with Crippen LogP contribution < -0.4 is 108 Å². The molecule has 1 aromatic carbocycles. The molecule has 0 fully saturated rings. The molecule has 14 heteroatoms. The van der Waals surface area contributed by atoms with Gasteiger partial charge in [0.25, 0.3) is 5.91 Å². The zero-order valence-corrected chi connectivity index (χ0v) is 21.3. The van der Waals surface area contributed by atoms with Crippen molar-refractivity contribution in [2.24, 2.45) is 5.10 Å². The number of hydrogen-bond donors (Lipinski definition) is 0. The molecule has 0 bridgehead atoms. The summed E-state index contributed by atoms with van der Waals surface area (Å²) in [6.45, 7) is 1.12. The number of nitrogens with zero attached hydrogens (tertiary/aromatic N) is 2. The van der Waals surface area contributed by atoms with Crippen LogP contribution in [-0.2, 0) is 29.8 Å². The summed E-state index contributed by atoms with van der Waals surface area (Å²) in [4.78, 5) is 21.3. The van der Waals surface area contributed by atoms with Crippen LogP contribution in [0.3, 0.4) is 0 Å². The van der Waals surface area contributed by atoms with Crippen LogP contribution in [0, 0.1) is 0 Å². The van der Waals surface area contributed by atoms with Crippen molar-refractivity contribution in [1.29, 1.82) is 0 Å². The summed E-state index contributed by atoms with van der Waals surface area (Å²) in [5.41, 5.74) is -0.891. The van der Waals surface area contributed by atoms with E-state index in [9.17, 15) is 35.5 Å². The maximum Gasteiger partial charge on any atom is 1.00 e. The average Bonchev–Trinajstić information content (AvgIpc) is 2.78. The summed E-state index contributed by atoms with van der Waals surface area (Å²) in [7, 11) is -10.1. The van der Waals surface area contributed by atoms with Crippen molar-refractivity contribution in [2.45, 2.75) is 23.1 Å². The van der Waals surface area contributed by atoms with Gasteiger partial charge in [-0.2, -0.15) is 10.1 Å². The van der Waals surface area contributed by atoms with Crippen LogP contribution in [0.15, 0.2) is 33.1 Å². The van der Waals surface area contributed by atoms with Gasteiger partial charge in [0.1, 0.15) is 25.9 Å². The van der Waals surface area contributed by atoms with E-state index in [1.54, 1.807) is 0 Å². The van der Waals surface area contributed by atoms with Crippen molar-refractivity contribution in [3.05, 3.63) is 18.2 Å². The molecule has 124 valence electrons. The van der Waals surface area contributed by atoms with Crippen molar-refractivity contribution in [2.75, 3.05) is 5.01 Å². The fourth-order valence-electron chi connectivity index (χ4n) is 1.84. The molecule has 1 heterocycles. The largest absolute Gasteiger partial charge is 1.00 e. The number of ketones is 1. The van der Waals surface area contributed by atoms with E-state index < -0.39 is 53.8 Å². The molecule has 1 aliphatic rings. The number of amides is 1. The van der Waals surface area contributed by atoms with E-state index in [0.29, 0.717) is 23.2 Å². The van der Waals surface area contributed by atoms with Crippen molar-refractivity contribution >= 4 is 43.3 Å². The van der Waals surface area contributed by atoms with Crippen LogP contribution in [-0.4, -0.2) is 43.3 Å². The van der Waals surface area contributed by atoms with Gasteiger partial charge >= 0.3 is 103 Å². The quantitative estimate of drug-likeness (QED) is 0.330. The Labute approximate surface area is 228 Å². The first-order valence-electron chi connectivity index (χ1n) is 5.88. The molecule has 1 aromatic rings. The van der Waals surface area contributed by atoms with Crippen molar-refractivity contribution in [1.82, 2.24) is 0 Å². The molecule has 2 rings (SSSR count). The van der Waals surface area contributed by atoms with Gasteiger partial charge < -0.3 is 9.11 Å². The minimum absolute atomic E-state index is 0. The van der Waals surface area contributed by atoms with Crippen molar-refractivity contribution in [3.63, 3.8) is 0 Å². The van der Waals surface area contributed by atoms with Gasteiger partial charge in [0.05, 0.1) is 21.9 Å². The number of carbonyl (C=O) groups excluding carboxylic acids is 2. The molecule has 0 spiro atoms. The predicted octanol–water partition coefficient (Wildman–Crippen LogP) is -6.82. The van der Waals surface area contributed by atoms with Gasteiger partial charge in [0, 0.05) is 6.92 Å². The average molecular weight is 439 g/mol. The SMILES string of the molecule is CC(=O)C1=NN(c2cc(S(=O)(=O)[O-])ccc2S(=O)(=O)[O-])C(=O)C1.[K+].[K+]. The van der Waals surface area contributed by atoms with Crippen LogP contribution in [0.5, 0.6) is 0 Å². The predicted molar refractivity (Wildman–Crippen MR) is 72.6 cm³/mol. The topological polar surface area (TPSA) is 164 Å². The number of carbonyl (C=O) groups is 2. The molecular formula is C11H8K2N2O8S2. The molecule has 0 unspecified atom stereocenters. The Morgan fingerprint density at radius 2 is 1.68 bits per heavy atom. The number of hydrogen-bond acceptors (Lipinski definition) is 9. The Morgan fingerprint density at radius 1 is 1.12 bits per heavy atom. The van der Waals surface area contributed by atoms with Crippen LogP contribution in [0.25, 0.3) is 0 Å². The first-order valence-corrected chi connectivity index (χ1v) is 8.70. The maximum absolute atomic E-state index is 11.9. The van der Waals surface area contributed by atoms with Crippen molar-refractivity contribution < 1.29 is 138 Å². The van der Waals surface area contributed by atoms with Gasteiger partial charge in [-0.1, -0.05) is 0 Å². The summed E-state index contributed by atoms with van der Waals surface area (Å²) < 4.78 is 66.9. The van der Waals surface area contributed by atoms with Gasteiger partial charge in [-0.05, 0) is 18.2 Å². The summed E-state index contributed by atoms with van der Waals surface area (Å²) in [5.74, 6) is -1.40. The van der Waals surface area contributed by atoms with Gasteiger partial charge in [0.2, 0.25) is 0 Å². The van der Waals surface area contributed by atoms with Gasteiger partial charge in [0.15, 0.2) is 5.78 Å². The summed E-state index contributed by atoms with van der Waals surface area (Å²) in [6.07, 6.45) is -0.442. The van der Waals surface area contributed by atoms with E-state index in [4.69, 9.17) is 0 Å². The Kier molecular flexibility index (Phi) is 9.98. The first-order chi connectivity index (χ1) is 10.4. The van der Waals surface area contributed by atoms with Crippen molar-refractivity contribution in [3.8, 4) is 0 Å². The molecule has 1 amide bonds. The Bertz CT molecular complexity index is 956. The van der Waals surface area contributed by atoms with E-state index in [1.165, 1.54) is 0 Å². The molecule has 0 saturated heterocycles. The molecule has 25 heavy (non-hydrogen) atoms. The number of hydrazone groups is 1. The Morgan fingerprint density at radius 3 is 2.08 bits per heavy atom. The van der Waals surface area contributed by atoms with Crippen LogP contribution in [0.2, 0.25) is 0 Å². The van der Waals surface area contributed by atoms with Crippen LogP contribution in [0.4, 0.5) is 5.69 Å². The number of benzene rings is 1. The fourth-order valence-corrected chi connectivity index (χ4v) is 2.97. The van der Waals surface area contributed by atoms with Gasteiger partial charge in [-0.3, -0.25) is 9.59 Å². The van der Waals surface area contributed by atoms with E-state index in [0.717, 1.165) is 6.92 Å². The first kappa shape index (κ1) is 26.1. The minimum Gasteiger partial charge on any atom is -0.744 e. The number of rotatable bonds is 4. The molecule has 0 radical (unpaired) electrons. The minimum atomic E-state index is -5.09. The third-order valence-corrected chi connectivity index (χ3v) is 4.61. The monoisotopic (exact) mass is 438 g/mol. The summed E-state index contributed by atoms with van der Waals surface area (Å²) in [6, 6.07) is 1.78. The van der Waals surface area contributed by atoms with Crippen LogP contribution >= 0.6 is 0 Å².